The van der Waals surface area contributed by atoms with Gasteiger partial charge in [0.2, 0.25) is 17.8 Å². The monoisotopic (exact) mass is 826 g/mol. The molecule has 18 heteroatoms. The third kappa shape index (κ3) is 19.1. The molecule has 0 N–H and O–H groups in total. The Hall–Kier alpha value is -6.33. The largest absolute Gasteiger partial charge is 0.460 e. The molecule has 0 aliphatic carbocycles. The van der Waals surface area contributed by atoms with Crippen LogP contribution in [0.4, 0.5) is 17.8 Å². The summed E-state index contributed by atoms with van der Waals surface area (Å²) in [5, 5.41) is 0. The second-order valence-electron chi connectivity index (χ2n) is 13.8. The molecule has 1 heterocycles. The summed E-state index contributed by atoms with van der Waals surface area (Å²) in [6.07, 6.45) is -1.57. The van der Waals surface area contributed by atoms with E-state index in [1.807, 2.05) is 0 Å². The second-order valence-corrected chi connectivity index (χ2v) is 13.8. The Kier molecular flexibility index (Phi) is 21.6. The van der Waals surface area contributed by atoms with Gasteiger partial charge in [-0.3, -0.25) is 0 Å². The van der Waals surface area contributed by atoms with Gasteiger partial charge in [0.1, 0.15) is 38.6 Å². The van der Waals surface area contributed by atoms with Crippen molar-refractivity contribution in [3.05, 3.63) is 72.9 Å². The smallest absolute Gasteiger partial charge is 0.333 e. The number of anilines is 3. The van der Waals surface area contributed by atoms with Crippen LogP contribution in [0.2, 0.25) is 0 Å². The third-order valence-corrected chi connectivity index (χ3v) is 7.49. The fraction of sp³-hybridized carbons (Fsp3) is 0.488. The second kappa shape index (κ2) is 25.1. The molecule has 0 aromatic carbocycles. The van der Waals surface area contributed by atoms with Gasteiger partial charge in [-0.1, -0.05) is 39.5 Å². The number of hydrogen-bond donors (Lipinski definition) is 0. The Morgan fingerprint density at radius 2 is 0.644 bits per heavy atom. The maximum atomic E-state index is 12.5. The summed E-state index contributed by atoms with van der Waals surface area (Å²) in [6.45, 7) is 33.2. The van der Waals surface area contributed by atoms with Crippen molar-refractivity contribution in [2.45, 2.75) is 67.6 Å². The molecule has 2 unspecified atom stereocenters. The Balaban J connectivity index is 4.05. The van der Waals surface area contributed by atoms with E-state index in [-0.39, 0.29) is 117 Å². The number of ether oxygens (including phenoxy) is 6. The van der Waals surface area contributed by atoms with E-state index >= 15 is 0 Å². The van der Waals surface area contributed by atoms with E-state index in [9.17, 15) is 28.8 Å². The molecule has 1 rings (SSSR count). The highest BCUT2D eigenvalue weighted by atomic mass is 16.6. The van der Waals surface area contributed by atoms with E-state index in [4.69, 9.17) is 43.4 Å². The molecule has 59 heavy (non-hydrogen) atoms. The predicted molar refractivity (Wildman–Crippen MR) is 220 cm³/mol. The zero-order chi connectivity index (χ0) is 45.0. The minimum absolute atomic E-state index is 0.00576. The van der Waals surface area contributed by atoms with Crippen molar-refractivity contribution in [2.75, 3.05) is 80.4 Å². The summed E-state index contributed by atoms with van der Waals surface area (Å²) >= 11 is 0. The van der Waals surface area contributed by atoms with Gasteiger partial charge in [-0.2, -0.15) is 15.0 Å². The molecule has 2 atom stereocenters. The minimum atomic E-state index is -0.787. The first-order valence-corrected chi connectivity index (χ1v) is 18.6. The van der Waals surface area contributed by atoms with Gasteiger partial charge in [-0.05, 0) is 55.4 Å². The van der Waals surface area contributed by atoms with Gasteiger partial charge in [-0.15, -0.1) is 0 Å². The number of carbonyl (C=O) groups is 6. The Bertz CT molecular complexity index is 1600. The van der Waals surface area contributed by atoms with Crippen LogP contribution < -0.4 is 14.7 Å². The number of carbonyl (C=O) groups excluding carboxylic acids is 6. The van der Waals surface area contributed by atoms with Crippen LogP contribution in [-0.4, -0.2) is 129 Å². The summed E-state index contributed by atoms with van der Waals surface area (Å²) in [6, 6.07) is 0. The molecule has 0 amide bonds. The van der Waals surface area contributed by atoms with E-state index in [2.05, 4.69) is 39.5 Å². The van der Waals surface area contributed by atoms with Crippen LogP contribution in [0.1, 0.15) is 55.4 Å². The van der Waals surface area contributed by atoms with Gasteiger partial charge in [0.15, 0.2) is 0 Å². The van der Waals surface area contributed by atoms with Gasteiger partial charge < -0.3 is 43.1 Å². The molecule has 0 radical (unpaired) electrons. The molecule has 1 aromatic heterocycles. The molecular weight excluding hydrogens is 768 g/mol. The molecule has 0 aliphatic rings. The number of esters is 6. The normalized spacial score (nSPS) is 11.4. The average molecular weight is 827 g/mol. The highest BCUT2D eigenvalue weighted by Crippen LogP contribution is 2.22. The van der Waals surface area contributed by atoms with Crippen LogP contribution in [0.15, 0.2) is 72.9 Å². The van der Waals surface area contributed by atoms with Crippen LogP contribution in [-0.2, 0) is 57.2 Å². The van der Waals surface area contributed by atoms with Crippen molar-refractivity contribution in [3.8, 4) is 0 Å². The lowest BCUT2D eigenvalue weighted by Gasteiger charge is -2.31. The van der Waals surface area contributed by atoms with Gasteiger partial charge in [-0.25, -0.2) is 28.8 Å². The summed E-state index contributed by atoms with van der Waals surface area (Å²) < 4.78 is 32.6. The van der Waals surface area contributed by atoms with Crippen molar-refractivity contribution >= 4 is 53.7 Å². The Morgan fingerprint density at radius 3 is 0.864 bits per heavy atom. The van der Waals surface area contributed by atoms with E-state index in [0.717, 1.165) is 0 Å². The highest BCUT2D eigenvalue weighted by Gasteiger charge is 2.26. The summed E-state index contributed by atoms with van der Waals surface area (Å²) in [7, 11) is 0. The quantitative estimate of drug-likeness (QED) is 0.0703. The summed E-state index contributed by atoms with van der Waals surface area (Å²) in [5.41, 5.74) is 1.03. The Labute approximate surface area is 346 Å². The van der Waals surface area contributed by atoms with Crippen LogP contribution >= 0.6 is 0 Å². The lowest BCUT2D eigenvalue weighted by molar-refractivity contribution is -0.143. The SMILES string of the molecule is C=C(C)C(=O)OCCN(CCOC(=O)C(=C)C)c1nc(N(CCOC(=O)C(=C)C)CCOC(=O)C(=C)C)nc(N(CC(C)OC(=O)C(=C)C)CC(C)OC(=O)C(=C)C)n1. The zero-order valence-corrected chi connectivity index (χ0v) is 35.6. The third-order valence-electron chi connectivity index (χ3n) is 7.49. The number of hydrogen-bond acceptors (Lipinski definition) is 18. The van der Waals surface area contributed by atoms with E-state index in [1.54, 1.807) is 28.5 Å². The van der Waals surface area contributed by atoms with Gasteiger partial charge in [0.05, 0.1) is 39.3 Å². The molecule has 0 saturated heterocycles. The molecule has 0 aliphatic heterocycles. The van der Waals surface area contributed by atoms with Gasteiger partial charge in [0.25, 0.3) is 0 Å². The minimum Gasteiger partial charge on any atom is -0.460 e. The standard InChI is InChI=1S/C41H58N6O12/c1-25(2)33(48)54-19-15-45(16-20-55-34(49)26(3)4)39-42-40(46(17-21-56-35(50)27(5)6)18-22-57-36(51)28(7)8)44-41(43-39)47(23-31(13)58-37(52)29(9)10)24-32(14)59-38(53)30(11)12/h31-32H,1,3,5,7,9,11,15-24H2,2,4,6,8,10,12-14H3. The van der Waals surface area contributed by atoms with Crippen LogP contribution in [0.5, 0.6) is 0 Å². The van der Waals surface area contributed by atoms with Crippen molar-refractivity contribution in [1.29, 1.82) is 0 Å². The Morgan fingerprint density at radius 1 is 0.424 bits per heavy atom. The average Bonchev–Trinajstić information content (AvgIpc) is 3.15. The maximum absolute atomic E-state index is 12.5. The highest BCUT2D eigenvalue weighted by molar-refractivity contribution is 5.89. The molecule has 0 spiro atoms. The van der Waals surface area contributed by atoms with Gasteiger partial charge >= 0.3 is 35.8 Å². The fourth-order valence-electron chi connectivity index (χ4n) is 4.38. The fourth-order valence-corrected chi connectivity index (χ4v) is 4.38. The summed E-state index contributed by atoms with van der Waals surface area (Å²) in [5.74, 6) is -3.87. The lowest BCUT2D eigenvalue weighted by atomic mass is 10.3. The van der Waals surface area contributed by atoms with E-state index in [1.165, 1.54) is 41.5 Å². The predicted octanol–water partition coefficient (Wildman–Crippen LogP) is 3.78. The first kappa shape index (κ1) is 50.7. The van der Waals surface area contributed by atoms with Crippen LogP contribution in [0.25, 0.3) is 0 Å². The first-order chi connectivity index (χ1) is 27.5. The van der Waals surface area contributed by atoms with Crippen molar-refractivity contribution in [3.63, 3.8) is 0 Å². The molecule has 0 bridgehead atoms. The maximum Gasteiger partial charge on any atom is 0.333 e. The first-order valence-electron chi connectivity index (χ1n) is 18.6. The molecule has 324 valence electrons. The van der Waals surface area contributed by atoms with Crippen molar-refractivity contribution in [2.24, 2.45) is 0 Å². The van der Waals surface area contributed by atoms with Gasteiger partial charge in [0, 0.05) is 33.4 Å². The molecule has 18 nitrogen and oxygen atoms in total. The van der Waals surface area contributed by atoms with Crippen molar-refractivity contribution in [1.82, 2.24) is 15.0 Å². The molecular formula is C41H58N6O12. The molecule has 0 saturated carbocycles. The molecule has 1 aromatic rings. The van der Waals surface area contributed by atoms with E-state index in [0.29, 0.717) is 0 Å². The topological polar surface area (TPSA) is 206 Å². The number of nitrogens with zero attached hydrogens (tertiary/aromatic N) is 6. The van der Waals surface area contributed by atoms with Crippen molar-refractivity contribution < 1.29 is 57.2 Å². The summed E-state index contributed by atoms with van der Waals surface area (Å²) in [4.78, 5) is 93.3. The molecule has 0 fully saturated rings. The van der Waals surface area contributed by atoms with Crippen LogP contribution in [0.3, 0.4) is 0 Å². The van der Waals surface area contributed by atoms with E-state index < -0.39 is 48.0 Å². The number of aromatic nitrogens is 3. The zero-order valence-electron chi connectivity index (χ0n) is 35.6. The number of rotatable bonds is 27. The lowest BCUT2D eigenvalue weighted by Crippen LogP contribution is -2.42. The van der Waals surface area contributed by atoms with Crippen LogP contribution in [0, 0.1) is 0 Å².